The maximum Gasteiger partial charge on any atom is 0.254 e. The monoisotopic (exact) mass is 456 g/mol. The highest BCUT2D eigenvalue weighted by molar-refractivity contribution is 5.94. The van der Waals surface area contributed by atoms with E-state index in [9.17, 15) is 9.59 Å². The molecule has 2 heterocycles. The first-order valence-corrected chi connectivity index (χ1v) is 12.8. The number of hydrogen-bond acceptors (Lipinski definition) is 5. The van der Waals surface area contributed by atoms with Gasteiger partial charge >= 0.3 is 0 Å². The van der Waals surface area contributed by atoms with Gasteiger partial charge in [-0.2, -0.15) is 0 Å². The summed E-state index contributed by atoms with van der Waals surface area (Å²) in [5.41, 5.74) is 0.658. The lowest BCUT2D eigenvalue weighted by molar-refractivity contribution is -0.129. The zero-order valence-electron chi connectivity index (χ0n) is 20.1. The Morgan fingerprint density at radius 3 is 2.42 bits per heavy atom. The molecule has 7 nitrogen and oxygen atoms in total. The van der Waals surface area contributed by atoms with Gasteiger partial charge in [0.1, 0.15) is 5.75 Å². The first-order valence-electron chi connectivity index (χ1n) is 12.8. The highest BCUT2D eigenvalue weighted by Crippen LogP contribution is 2.31. The molecule has 1 aliphatic carbocycles. The van der Waals surface area contributed by atoms with Crippen molar-refractivity contribution in [3.8, 4) is 5.75 Å². The first-order chi connectivity index (χ1) is 16.2. The van der Waals surface area contributed by atoms with Crippen molar-refractivity contribution in [1.29, 1.82) is 0 Å². The van der Waals surface area contributed by atoms with E-state index in [1.165, 1.54) is 32.1 Å². The number of nitrogens with one attached hydrogen (secondary N) is 1. The number of nitrogens with zero attached hydrogens (tertiary/aromatic N) is 3. The minimum absolute atomic E-state index is 0.0388. The van der Waals surface area contributed by atoms with Crippen LogP contribution in [-0.2, 0) is 4.79 Å². The SMILES string of the molecule is COc1cccc(C(=O)N2CCN([C@@H](C(=O)NCCN3CCCCC3)C3CCCC3)CC2)c1. The van der Waals surface area contributed by atoms with Crippen molar-refractivity contribution in [3.63, 3.8) is 0 Å². The van der Waals surface area contributed by atoms with Gasteiger partial charge < -0.3 is 19.9 Å². The second kappa shape index (κ2) is 11.8. The molecule has 2 aliphatic heterocycles. The highest BCUT2D eigenvalue weighted by atomic mass is 16.5. The van der Waals surface area contributed by atoms with Crippen molar-refractivity contribution < 1.29 is 14.3 Å². The molecular formula is C26H40N4O3. The fourth-order valence-electron chi connectivity index (χ4n) is 5.72. The standard InChI is InChI=1S/C26H40N4O3/c1-33-23-11-7-10-22(20-23)26(32)30-18-16-29(17-19-30)24(21-8-3-4-9-21)25(31)27-12-15-28-13-5-2-6-14-28/h7,10-11,20-21,24H,2-6,8-9,12-19H2,1H3,(H,27,31)/t24-/m1/s1. The zero-order chi connectivity index (χ0) is 23.0. The van der Waals surface area contributed by atoms with Crippen molar-refractivity contribution in [2.24, 2.45) is 5.92 Å². The molecule has 1 N–H and O–H groups in total. The normalized spacial score (nSPS) is 21.7. The van der Waals surface area contributed by atoms with E-state index in [0.29, 0.717) is 30.3 Å². The average molecular weight is 457 g/mol. The van der Waals surface area contributed by atoms with E-state index in [1.807, 2.05) is 23.1 Å². The van der Waals surface area contributed by atoms with Crippen LogP contribution < -0.4 is 10.1 Å². The van der Waals surface area contributed by atoms with Gasteiger partial charge in [-0.3, -0.25) is 14.5 Å². The molecule has 3 fully saturated rings. The Bertz CT molecular complexity index is 781. The van der Waals surface area contributed by atoms with Crippen LogP contribution in [0.5, 0.6) is 5.75 Å². The highest BCUT2D eigenvalue weighted by Gasteiger charge is 2.37. The molecule has 182 valence electrons. The molecule has 1 aromatic rings. The zero-order valence-corrected chi connectivity index (χ0v) is 20.1. The molecule has 1 saturated carbocycles. The molecule has 4 rings (SSSR count). The summed E-state index contributed by atoms with van der Waals surface area (Å²) in [7, 11) is 1.61. The van der Waals surface area contributed by atoms with Gasteiger partial charge in [-0.25, -0.2) is 0 Å². The third-order valence-electron chi connectivity index (χ3n) is 7.60. The lowest BCUT2D eigenvalue weighted by Crippen LogP contribution is -2.58. The molecule has 3 aliphatic rings. The summed E-state index contributed by atoms with van der Waals surface area (Å²) >= 11 is 0. The Hall–Kier alpha value is -2.12. The Kier molecular flexibility index (Phi) is 8.62. The molecule has 0 radical (unpaired) electrons. The number of piperidine rings is 1. The van der Waals surface area contributed by atoms with E-state index >= 15 is 0 Å². The summed E-state index contributed by atoms with van der Waals surface area (Å²) in [5.74, 6) is 1.35. The van der Waals surface area contributed by atoms with Crippen LogP contribution in [0.2, 0.25) is 0 Å². The number of benzene rings is 1. The van der Waals surface area contributed by atoms with Gasteiger partial charge in [-0.05, 0) is 62.9 Å². The smallest absolute Gasteiger partial charge is 0.254 e. The van der Waals surface area contributed by atoms with E-state index in [2.05, 4.69) is 15.1 Å². The molecular weight excluding hydrogens is 416 g/mol. The summed E-state index contributed by atoms with van der Waals surface area (Å²) in [6, 6.07) is 7.28. The van der Waals surface area contributed by atoms with Crippen molar-refractivity contribution in [2.45, 2.75) is 51.0 Å². The quantitative estimate of drug-likeness (QED) is 0.652. The van der Waals surface area contributed by atoms with Crippen molar-refractivity contribution in [2.75, 3.05) is 59.5 Å². The Morgan fingerprint density at radius 2 is 1.73 bits per heavy atom. The molecule has 0 spiro atoms. The third kappa shape index (κ3) is 6.27. The molecule has 33 heavy (non-hydrogen) atoms. The largest absolute Gasteiger partial charge is 0.497 e. The van der Waals surface area contributed by atoms with Crippen molar-refractivity contribution in [3.05, 3.63) is 29.8 Å². The lowest BCUT2D eigenvalue weighted by Gasteiger charge is -2.41. The molecule has 2 saturated heterocycles. The fraction of sp³-hybridized carbons (Fsp3) is 0.692. The second-order valence-electron chi connectivity index (χ2n) is 9.74. The molecule has 0 unspecified atom stereocenters. The third-order valence-corrected chi connectivity index (χ3v) is 7.60. The predicted molar refractivity (Wildman–Crippen MR) is 130 cm³/mol. The number of carbonyl (C=O) groups is 2. The average Bonchev–Trinajstić information content (AvgIpc) is 3.39. The van der Waals surface area contributed by atoms with Gasteiger partial charge in [0.2, 0.25) is 5.91 Å². The van der Waals surface area contributed by atoms with Gasteiger partial charge in [0.15, 0.2) is 0 Å². The topological polar surface area (TPSA) is 65.1 Å². The van der Waals surface area contributed by atoms with Crippen molar-refractivity contribution in [1.82, 2.24) is 20.0 Å². The van der Waals surface area contributed by atoms with Crippen LogP contribution in [0.1, 0.15) is 55.3 Å². The summed E-state index contributed by atoms with van der Waals surface area (Å²) < 4.78 is 5.27. The number of rotatable bonds is 8. The van der Waals surface area contributed by atoms with Gasteiger partial charge in [-0.1, -0.05) is 25.3 Å². The molecule has 0 aromatic heterocycles. The van der Waals surface area contributed by atoms with Crippen LogP contribution >= 0.6 is 0 Å². The summed E-state index contributed by atoms with van der Waals surface area (Å²) in [5, 5.41) is 3.26. The summed E-state index contributed by atoms with van der Waals surface area (Å²) in [4.78, 5) is 33.0. The minimum atomic E-state index is -0.0667. The molecule has 0 bridgehead atoms. The van der Waals surface area contributed by atoms with Crippen LogP contribution in [-0.4, -0.2) is 92.0 Å². The lowest BCUT2D eigenvalue weighted by atomic mass is 9.95. The minimum Gasteiger partial charge on any atom is -0.497 e. The van der Waals surface area contributed by atoms with E-state index in [0.717, 1.165) is 52.1 Å². The maximum absolute atomic E-state index is 13.3. The number of methoxy groups -OCH3 is 1. The summed E-state index contributed by atoms with van der Waals surface area (Å²) in [6.07, 6.45) is 8.58. The Morgan fingerprint density at radius 1 is 1.00 bits per heavy atom. The van der Waals surface area contributed by atoms with Gasteiger partial charge in [0.05, 0.1) is 13.2 Å². The Labute approximate surface area is 198 Å². The number of ether oxygens (including phenoxy) is 1. The predicted octanol–water partition coefficient (Wildman–Crippen LogP) is 2.61. The van der Waals surface area contributed by atoms with Crippen LogP contribution in [0, 0.1) is 5.92 Å². The van der Waals surface area contributed by atoms with Gasteiger partial charge in [-0.15, -0.1) is 0 Å². The van der Waals surface area contributed by atoms with Gasteiger partial charge in [0.25, 0.3) is 5.91 Å². The first kappa shape index (κ1) is 24.0. The maximum atomic E-state index is 13.3. The van der Waals surface area contributed by atoms with E-state index < -0.39 is 0 Å². The van der Waals surface area contributed by atoms with E-state index in [1.54, 1.807) is 13.2 Å². The fourth-order valence-corrected chi connectivity index (χ4v) is 5.72. The molecule has 1 aromatic carbocycles. The van der Waals surface area contributed by atoms with Crippen LogP contribution in [0.4, 0.5) is 0 Å². The molecule has 2 amide bonds. The van der Waals surface area contributed by atoms with Crippen LogP contribution in [0.25, 0.3) is 0 Å². The van der Waals surface area contributed by atoms with Crippen LogP contribution in [0.3, 0.4) is 0 Å². The number of likely N-dealkylation sites (tertiary alicyclic amines) is 1. The number of hydrogen-bond donors (Lipinski definition) is 1. The molecule has 7 heteroatoms. The Balaban J connectivity index is 1.32. The van der Waals surface area contributed by atoms with Crippen LogP contribution in [0.15, 0.2) is 24.3 Å². The second-order valence-corrected chi connectivity index (χ2v) is 9.74. The number of amides is 2. The van der Waals surface area contributed by atoms with E-state index in [4.69, 9.17) is 4.74 Å². The van der Waals surface area contributed by atoms with Crippen molar-refractivity contribution >= 4 is 11.8 Å². The molecule has 1 atom stereocenters. The van der Waals surface area contributed by atoms with E-state index in [-0.39, 0.29) is 17.9 Å². The summed E-state index contributed by atoms with van der Waals surface area (Å²) in [6.45, 7) is 6.80. The van der Waals surface area contributed by atoms with Gasteiger partial charge in [0, 0.05) is 44.8 Å². The number of carbonyl (C=O) groups excluding carboxylic acids is 2. The number of piperazine rings is 1.